The van der Waals surface area contributed by atoms with Gasteiger partial charge in [0.25, 0.3) is 0 Å². The van der Waals surface area contributed by atoms with Crippen LogP contribution >= 0.6 is 11.6 Å². The second-order valence-electron chi connectivity index (χ2n) is 7.64. The number of hydrogen-bond acceptors (Lipinski definition) is 3. The summed E-state index contributed by atoms with van der Waals surface area (Å²) < 4.78 is 18.5. The molecule has 0 aliphatic carbocycles. The fraction of sp³-hybridized carbons (Fsp3) is 0.632. The Morgan fingerprint density at radius 2 is 2.20 bits per heavy atom. The number of halogens is 2. The van der Waals surface area contributed by atoms with Crippen molar-refractivity contribution >= 4 is 17.7 Å². The molecule has 1 fully saturated rings. The van der Waals surface area contributed by atoms with Crippen molar-refractivity contribution in [2.75, 3.05) is 19.6 Å². The maximum Gasteiger partial charge on any atom is 0.410 e. The lowest BCUT2D eigenvalue weighted by Gasteiger charge is -2.34. The van der Waals surface area contributed by atoms with Crippen molar-refractivity contribution < 1.29 is 13.9 Å². The summed E-state index contributed by atoms with van der Waals surface area (Å²) in [7, 11) is 0. The number of nitrogens with zero attached hydrogens (tertiary/aromatic N) is 1. The van der Waals surface area contributed by atoms with Crippen molar-refractivity contribution in [1.82, 2.24) is 10.2 Å². The van der Waals surface area contributed by atoms with E-state index in [9.17, 15) is 9.18 Å². The van der Waals surface area contributed by atoms with Gasteiger partial charge in [-0.2, -0.15) is 0 Å². The number of nitrogens with one attached hydrogen (secondary N) is 1. The topological polar surface area (TPSA) is 41.6 Å². The first-order valence-corrected chi connectivity index (χ1v) is 9.25. The molecule has 1 aromatic carbocycles. The molecule has 1 aliphatic rings. The molecule has 1 heterocycles. The fourth-order valence-corrected chi connectivity index (χ4v) is 3.22. The number of hydrogen-bond donors (Lipinski definition) is 1. The molecule has 1 unspecified atom stereocenters. The van der Waals surface area contributed by atoms with Crippen LogP contribution in [0.1, 0.15) is 45.6 Å². The summed E-state index contributed by atoms with van der Waals surface area (Å²) in [6.45, 7) is 8.62. The van der Waals surface area contributed by atoms with Gasteiger partial charge in [-0.1, -0.05) is 17.7 Å². The summed E-state index contributed by atoms with van der Waals surface area (Å²) in [5, 5.41) is 3.80. The molecular formula is C19H28ClFN2O2. The minimum absolute atomic E-state index is 0.219. The molecule has 1 N–H and O–H groups in total. The van der Waals surface area contributed by atoms with Gasteiger partial charge in [-0.05, 0) is 70.2 Å². The van der Waals surface area contributed by atoms with Crippen LogP contribution in [0.3, 0.4) is 0 Å². The van der Waals surface area contributed by atoms with Gasteiger partial charge < -0.3 is 15.0 Å². The van der Waals surface area contributed by atoms with Crippen LogP contribution in [0.2, 0.25) is 5.02 Å². The molecule has 0 spiro atoms. The van der Waals surface area contributed by atoms with Crippen molar-refractivity contribution in [1.29, 1.82) is 0 Å². The van der Waals surface area contributed by atoms with Crippen molar-refractivity contribution in [3.8, 4) is 0 Å². The molecule has 1 atom stereocenters. The van der Waals surface area contributed by atoms with E-state index in [4.69, 9.17) is 16.3 Å². The van der Waals surface area contributed by atoms with E-state index in [1.54, 1.807) is 6.07 Å². The standard InChI is InChI=1S/C19H28ClFN2O2/c1-19(2,3)25-18(24)23-10-4-5-14(13-23)8-9-22-12-15-6-7-16(21)11-17(15)20/h6-7,11,14,22H,4-5,8-10,12-13H2,1-3H3. The first-order chi connectivity index (χ1) is 11.7. The van der Waals surface area contributed by atoms with Crippen molar-refractivity contribution in [3.05, 3.63) is 34.6 Å². The normalized spacial score (nSPS) is 18.3. The molecule has 1 saturated heterocycles. The zero-order valence-electron chi connectivity index (χ0n) is 15.3. The minimum atomic E-state index is -0.458. The van der Waals surface area contributed by atoms with E-state index < -0.39 is 5.60 Å². The van der Waals surface area contributed by atoms with E-state index >= 15 is 0 Å². The number of piperidine rings is 1. The number of amides is 1. The number of ether oxygens (including phenoxy) is 1. The summed E-state index contributed by atoms with van der Waals surface area (Å²) >= 11 is 6.03. The van der Waals surface area contributed by atoms with Gasteiger partial charge in [0.2, 0.25) is 0 Å². The van der Waals surface area contributed by atoms with Crippen LogP contribution in [0.5, 0.6) is 0 Å². The van der Waals surface area contributed by atoms with Crippen LogP contribution in [0, 0.1) is 11.7 Å². The Morgan fingerprint density at radius 1 is 1.44 bits per heavy atom. The van der Waals surface area contributed by atoms with Crippen LogP contribution in [-0.4, -0.2) is 36.2 Å². The highest BCUT2D eigenvalue weighted by Crippen LogP contribution is 2.22. The summed E-state index contributed by atoms with van der Waals surface area (Å²) in [5.41, 5.74) is 0.433. The van der Waals surface area contributed by atoms with Crippen LogP contribution in [-0.2, 0) is 11.3 Å². The van der Waals surface area contributed by atoms with Gasteiger partial charge in [-0.25, -0.2) is 9.18 Å². The van der Waals surface area contributed by atoms with Crippen molar-refractivity contribution in [3.63, 3.8) is 0 Å². The van der Waals surface area contributed by atoms with Gasteiger partial charge in [0.05, 0.1) is 0 Å². The average molecular weight is 371 g/mol. The Kier molecular flexibility index (Phi) is 7.08. The third-order valence-corrected chi connectivity index (χ3v) is 4.58. The van der Waals surface area contributed by atoms with Crippen molar-refractivity contribution in [2.45, 2.75) is 52.2 Å². The van der Waals surface area contributed by atoms with Gasteiger partial charge in [-0.3, -0.25) is 0 Å². The van der Waals surface area contributed by atoms with Gasteiger partial charge in [0, 0.05) is 24.7 Å². The molecule has 25 heavy (non-hydrogen) atoms. The SMILES string of the molecule is CC(C)(C)OC(=O)N1CCCC(CCNCc2ccc(F)cc2Cl)C1. The van der Waals surface area contributed by atoms with Gasteiger partial charge in [0.1, 0.15) is 11.4 Å². The van der Waals surface area contributed by atoms with E-state index in [1.165, 1.54) is 12.1 Å². The van der Waals surface area contributed by atoms with Crippen molar-refractivity contribution in [2.24, 2.45) is 5.92 Å². The summed E-state index contributed by atoms with van der Waals surface area (Å²) in [4.78, 5) is 14.0. The first kappa shape index (κ1) is 20.0. The molecule has 0 bridgehead atoms. The Labute approximate surface area is 154 Å². The Morgan fingerprint density at radius 3 is 2.88 bits per heavy atom. The molecule has 0 radical (unpaired) electrons. The van der Waals surface area contributed by atoms with Gasteiger partial charge in [-0.15, -0.1) is 0 Å². The maximum absolute atomic E-state index is 13.0. The maximum atomic E-state index is 13.0. The molecule has 0 aromatic heterocycles. The summed E-state index contributed by atoms with van der Waals surface area (Å²) in [5.74, 6) is 0.149. The molecule has 1 aliphatic heterocycles. The third kappa shape index (κ3) is 6.83. The molecule has 1 aromatic rings. The average Bonchev–Trinajstić information content (AvgIpc) is 2.52. The highest BCUT2D eigenvalue weighted by molar-refractivity contribution is 6.31. The number of carbonyl (C=O) groups is 1. The number of benzene rings is 1. The van der Waals surface area contributed by atoms with Crippen LogP contribution < -0.4 is 5.32 Å². The molecule has 1 amide bonds. The van der Waals surface area contributed by atoms with Crippen LogP contribution in [0.15, 0.2) is 18.2 Å². The highest BCUT2D eigenvalue weighted by Gasteiger charge is 2.27. The van der Waals surface area contributed by atoms with Gasteiger partial charge in [0.15, 0.2) is 0 Å². The predicted molar refractivity (Wildman–Crippen MR) is 98.3 cm³/mol. The second kappa shape index (κ2) is 8.86. The molecule has 4 nitrogen and oxygen atoms in total. The van der Waals surface area contributed by atoms with Gasteiger partial charge >= 0.3 is 6.09 Å². The molecule has 0 saturated carbocycles. The number of carbonyl (C=O) groups excluding carboxylic acids is 1. The molecule has 6 heteroatoms. The Balaban J connectivity index is 1.72. The van der Waals surface area contributed by atoms with E-state index in [1.807, 2.05) is 25.7 Å². The number of rotatable bonds is 5. The lowest BCUT2D eigenvalue weighted by Crippen LogP contribution is -2.43. The van der Waals surface area contributed by atoms with E-state index in [2.05, 4.69) is 5.32 Å². The first-order valence-electron chi connectivity index (χ1n) is 8.87. The molecular weight excluding hydrogens is 343 g/mol. The van der Waals surface area contributed by atoms with Crippen LogP contribution in [0.4, 0.5) is 9.18 Å². The summed E-state index contributed by atoms with van der Waals surface area (Å²) in [6, 6.07) is 4.46. The quantitative estimate of drug-likeness (QED) is 0.770. The molecule has 140 valence electrons. The van der Waals surface area contributed by atoms with Crippen LogP contribution in [0.25, 0.3) is 0 Å². The Bertz CT molecular complexity index is 589. The van der Waals surface area contributed by atoms with E-state index in [-0.39, 0.29) is 11.9 Å². The highest BCUT2D eigenvalue weighted by atomic mass is 35.5. The monoisotopic (exact) mass is 370 g/mol. The third-order valence-electron chi connectivity index (χ3n) is 4.23. The number of likely N-dealkylation sites (tertiary alicyclic amines) is 1. The predicted octanol–water partition coefficient (Wildman–Crippen LogP) is 4.61. The molecule has 2 rings (SSSR count). The largest absolute Gasteiger partial charge is 0.444 e. The lowest BCUT2D eigenvalue weighted by atomic mass is 9.95. The lowest BCUT2D eigenvalue weighted by molar-refractivity contribution is 0.0162. The fourth-order valence-electron chi connectivity index (χ4n) is 2.99. The zero-order valence-corrected chi connectivity index (χ0v) is 16.0. The van der Waals surface area contributed by atoms with E-state index in [0.717, 1.165) is 44.5 Å². The Hall–Kier alpha value is -1.33. The zero-order chi connectivity index (χ0) is 18.4. The second-order valence-corrected chi connectivity index (χ2v) is 8.04. The van der Waals surface area contributed by atoms with E-state index in [0.29, 0.717) is 17.5 Å². The smallest absolute Gasteiger partial charge is 0.410 e. The summed E-state index contributed by atoms with van der Waals surface area (Å²) in [6.07, 6.45) is 2.90. The minimum Gasteiger partial charge on any atom is -0.444 e.